The summed E-state index contributed by atoms with van der Waals surface area (Å²) in [4.78, 5) is 16.3. The number of methoxy groups -OCH3 is 1. The zero-order chi connectivity index (χ0) is 17.0. The van der Waals surface area contributed by atoms with Gasteiger partial charge in [-0.2, -0.15) is 5.10 Å². The average molecular weight is 337 g/mol. The van der Waals surface area contributed by atoms with E-state index in [1.807, 2.05) is 20.8 Å². The molecule has 23 heavy (non-hydrogen) atoms. The number of pyridine rings is 1. The second kappa shape index (κ2) is 7.10. The number of aromatic nitrogens is 3. The molecule has 0 aliphatic carbocycles. The second-order valence-electron chi connectivity index (χ2n) is 5.95. The van der Waals surface area contributed by atoms with Crippen LogP contribution in [0.5, 0.6) is 0 Å². The van der Waals surface area contributed by atoms with E-state index in [0.717, 1.165) is 12.1 Å². The highest BCUT2D eigenvalue weighted by molar-refractivity contribution is 6.33. The minimum Gasteiger partial charge on any atom is -0.379 e. The molecule has 0 saturated heterocycles. The van der Waals surface area contributed by atoms with Gasteiger partial charge in [-0.05, 0) is 39.3 Å². The summed E-state index contributed by atoms with van der Waals surface area (Å²) in [5, 5.41) is 7.20. The molecule has 0 radical (unpaired) electrons. The van der Waals surface area contributed by atoms with Crippen molar-refractivity contribution in [1.29, 1.82) is 0 Å². The summed E-state index contributed by atoms with van der Waals surface area (Å²) in [6.45, 7) is 6.56. The number of amides is 1. The Hall–Kier alpha value is -1.92. The molecule has 0 saturated carbocycles. The Kier molecular flexibility index (Phi) is 5.38. The predicted molar refractivity (Wildman–Crippen MR) is 89.9 cm³/mol. The molecule has 0 aliphatic heterocycles. The van der Waals surface area contributed by atoms with Crippen LogP contribution in [0.15, 0.2) is 24.5 Å². The number of carbonyl (C=O) groups excluding carboxylic acids is 1. The monoisotopic (exact) mass is 336 g/mol. The van der Waals surface area contributed by atoms with E-state index in [4.69, 9.17) is 16.3 Å². The van der Waals surface area contributed by atoms with Gasteiger partial charge in [-0.3, -0.25) is 9.48 Å². The molecule has 2 aromatic rings. The van der Waals surface area contributed by atoms with Crippen LogP contribution in [-0.2, 0) is 11.3 Å². The van der Waals surface area contributed by atoms with E-state index in [1.165, 1.54) is 0 Å². The van der Waals surface area contributed by atoms with E-state index in [9.17, 15) is 4.79 Å². The first-order chi connectivity index (χ1) is 10.8. The molecule has 1 N–H and O–H groups in total. The maximum Gasteiger partial charge on any atom is 0.258 e. The summed E-state index contributed by atoms with van der Waals surface area (Å²) in [5.41, 5.74) is 1.50. The summed E-state index contributed by atoms with van der Waals surface area (Å²) in [5.74, 6) is -0.306. The number of hydrogen-bond donors (Lipinski definition) is 1. The topological polar surface area (TPSA) is 69.0 Å². The van der Waals surface area contributed by atoms with Gasteiger partial charge in [-0.1, -0.05) is 11.6 Å². The van der Waals surface area contributed by atoms with Crippen molar-refractivity contribution in [3.05, 3.63) is 40.9 Å². The minimum absolute atomic E-state index is 0.191. The summed E-state index contributed by atoms with van der Waals surface area (Å²) in [7, 11) is 1.69. The van der Waals surface area contributed by atoms with Gasteiger partial charge in [-0.15, -0.1) is 0 Å². The molecular weight excluding hydrogens is 316 g/mol. The van der Waals surface area contributed by atoms with E-state index in [-0.39, 0.29) is 16.7 Å². The van der Waals surface area contributed by atoms with Gasteiger partial charge in [0.1, 0.15) is 5.15 Å². The Morgan fingerprint density at radius 2 is 2.17 bits per heavy atom. The summed E-state index contributed by atoms with van der Waals surface area (Å²) >= 11 is 6.01. The highest BCUT2D eigenvalue weighted by Crippen LogP contribution is 2.17. The molecule has 0 fully saturated rings. The third-order valence-corrected chi connectivity index (χ3v) is 3.91. The Morgan fingerprint density at radius 1 is 1.43 bits per heavy atom. The fourth-order valence-electron chi connectivity index (χ4n) is 1.93. The lowest BCUT2D eigenvalue weighted by Crippen LogP contribution is -2.24. The predicted octanol–water partition coefficient (Wildman–Crippen LogP) is 3.31. The number of carbonyl (C=O) groups is 1. The first-order valence-electron chi connectivity index (χ1n) is 7.33. The van der Waals surface area contributed by atoms with E-state index >= 15 is 0 Å². The zero-order valence-electron chi connectivity index (χ0n) is 13.8. The molecule has 0 atom stereocenters. The minimum atomic E-state index is -0.306. The van der Waals surface area contributed by atoms with Crippen molar-refractivity contribution in [1.82, 2.24) is 14.8 Å². The standard InChI is InChI=1S/C16H21ClN4O2/c1-11-5-6-13(14(17)19-11)15(22)20-12-9-18-21(10-12)8-7-16(2,3)23-4/h5-6,9-10H,7-8H2,1-4H3,(H,20,22). The maximum absolute atomic E-state index is 12.2. The Labute approximate surface area is 140 Å². The van der Waals surface area contributed by atoms with Gasteiger partial charge < -0.3 is 10.1 Å². The van der Waals surface area contributed by atoms with E-state index in [0.29, 0.717) is 17.8 Å². The number of rotatable bonds is 6. The van der Waals surface area contributed by atoms with Gasteiger partial charge in [0, 0.05) is 25.5 Å². The molecule has 6 nitrogen and oxygen atoms in total. The lowest BCUT2D eigenvalue weighted by molar-refractivity contribution is 0.0113. The summed E-state index contributed by atoms with van der Waals surface area (Å²) in [6.07, 6.45) is 4.19. The van der Waals surface area contributed by atoms with Crippen LogP contribution in [0.2, 0.25) is 5.15 Å². The highest BCUT2D eigenvalue weighted by atomic mass is 35.5. The van der Waals surface area contributed by atoms with Crippen LogP contribution in [0.3, 0.4) is 0 Å². The van der Waals surface area contributed by atoms with Crippen LogP contribution in [0.25, 0.3) is 0 Å². The largest absolute Gasteiger partial charge is 0.379 e. The van der Waals surface area contributed by atoms with Gasteiger partial charge in [0.15, 0.2) is 0 Å². The molecule has 0 aliphatic rings. The second-order valence-corrected chi connectivity index (χ2v) is 6.31. The number of nitrogens with one attached hydrogen (secondary N) is 1. The molecule has 124 valence electrons. The van der Waals surface area contributed by atoms with Crippen molar-refractivity contribution in [2.75, 3.05) is 12.4 Å². The van der Waals surface area contributed by atoms with Crippen molar-refractivity contribution in [3.8, 4) is 0 Å². The molecule has 0 spiro atoms. The fourth-order valence-corrected chi connectivity index (χ4v) is 2.21. The third-order valence-electron chi connectivity index (χ3n) is 3.62. The third kappa shape index (κ3) is 4.77. The zero-order valence-corrected chi connectivity index (χ0v) is 14.5. The van der Waals surface area contributed by atoms with Crippen LogP contribution < -0.4 is 5.32 Å². The normalized spacial score (nSPS) is 11.5. The molecule has 1 amide bonds. The number of ether oxygens (including phenoxy) is 1. The van der Waals surface area contributed by atoms with E-state index in [2.05, 4.69) is 15.4 Å². The molecule has 0 bridgehead atoms. The van der Waals surface area contributed by atoms with Gasteiger partial charge >= 0.3 is 0 Å². The van der Waals surface area contributed by atoms with E-state index in [1.54, 1.807) is 36.3 Å². The molecular formula is C16H21ClN4O2. The van der Waals surface area contributed by atoms with Crippen LogP contribution in [0.1, 0.15) is 36.3 Å². The van der Waals surface area contributed by atoms with Gasteiger partial charge in [0.25, 0.3) is 5.91 Å². The highest BCUT2D eigenvalue weighted by Gasteiger charge is 2.17. The van der Waals surface area contributed by atoms with Gasteiger partial charge in [-0.25, -0.2) is 4.98 Å². The SMILES string of the molecule is COC(C)(C)CCn1cc(NC(=O)c2ccc(C)nc2Cl)cn1. The van der Waals surface area contributed by atoms with Crippen molar-refractivity contribution in [2.24, 2.45) is 0 Å². The Bertz CT molecular complexity index is 697. The average Bonchev–Trinajstić information content (AvgIpc) is 2.92. The number of aryl methyl sites for hydroxylation is 2. The number of halogens is 1. The molecule has 7 heteroatoms. The van der Waals surface area contributed by atoms with Gasteiger partial charge in [0.2, 0.25) is 0 Å². The molecule has 2 heterocycles. The van der Waals surface area contributed by atoms with E-state index < -0.39 is 0 Å². The summed E-state index contributed by atoms with van der Waals surface area (Å²) < 4.78 is 7.15. The van der Waals surface area contributed by atoms with Crippen LogP contribution >= 0.6 is 11.6 Å². The van der Waals surface area contributed by atoms with Crippen LogP contribution in [0.4, 0.5) is 5.69 Å². The molecule has 0 unspecified atom stereocenters. The Morgan fingerprint density at radius 3 is 2.83 bits per heavy atom. The number of anilines is 1. The first-order valence-corrected chi connectivity index (χ1v) is 7.70. The van der Waals surface area contributed by atoms with Crippen molar-refractivity contribution in [3.63, 3.8) is 0 Å². The molecule has 2 rings (SSSR count). The first kappa shape index (κ1) is 17.4. The number of nitrogens with zero attached hydrogens (tertiary/aromatic N) is 3. The lowest BCUT2D eigenvalue weighted by Gasteiger charge is -2.22. The smallest absolute Gasteiger partial charge is 0.258 e. The number of hydrogen-bond acceptors (Lipinski definition) is 4. The summed E-state index contributed by atoms with van der Waals surface area (Å²) in [6, 6.07) is 3.41. The Balaban J connectivity index is 2.00. The van der Waals surface area contributed by atoms with Crippen LogP contribution in [-0.4, -0.2) is 33.4 Å². The van der Waals surface area contributed by atoms with Crippen LogP contribution in [0, 0.1) is 6.92 Å². The van der Waals surface area contributed by atoms with Crippen molar-refractivity contribution in [2.45, 2.75) is 39.3 Å². The van der Waals surface area contributed by atoms with Crippen molar-refractivity contribution >= 4 is 23.2 Å². The lowest BCUT2D eigenvalue weighted by atomic mass is 10.1. The molecule has 0 aromatic carbocycles. The maximum atomic E-state index is 12.2. The molecule has 2 aromatic heterocycles. The van der Waals surface area contributed by atoms with Gasteiger partial charge in [0.05, 0.1) is 23.0 Å². The fraction of sp³-hybridized carbons (Fsp3) is 0.438. The van der Waals surface area contributed by atoms with Crippen molar-refractivity contribution < 1.29 is 9.53 Å². The quantitative estimate of drug-likeness (QED) is 0.822.